The van der Waals surface area contributed by atoms with Gasteiger partial charge in [-0.25, -0.2) is 0 Å². The molecule has 0 saturated heterocycles. The van der Waals surface area contributed by atoms with Crippen molar-refractivity contribution in [2.75, 3.05) is 10.6 Å². The fourth-order valence-electron chi connectivity index (χ4n) is 2.34. The third kappa shape index (κ3) is 3.76. The normalized spacial score (nSPS) is 10.2. The first-order valence-electron chi connectivity index (χ1n) is 7.66. The molecular formula is C19H18N4O. The Morgan fingerprint density at radius 1 is 0.875 bits per heavy atom. The van der Waals surface area contributed by atoms with Crippen LogP contribution in [0, 0.1) is 13.8 Å². The van der Waals surface area contributed by atoms with Gasteiger partial charge in [0.1, 0.15) is 0 Å². The van der Waals surface area contributed by atoms with Crippen LogP contribution in [-0.2, 0) is 0 Å². The Morgan fingerprint density at radius 2 is 1.58 bits per heavy atom. The molecule has 0 spiro atoms. The van der Waals surface area contributed by atoms with E-state index in [1.54, 1.807) is 24.3 Å². The molecule has 3 aromatic rings. The van der Waals surface area contributed by atoms with Crippen molar-refractivity contribution in [2.45, 2.75) is 13.8 Å². The van der Waals surface area contributed by atoms with Crippen LogP contribution in [0.15, 0.2) is 60.7 Å². The predicted molar refractivity (Wildman–Crippen MR) is 95.6 cm³/mol. The molecule has 1 heterocycles. The summed E-state index contributed by atoms with van der Waals surface area (Å²) in [7, 11) is 0. The van der Waals surface area contributed by atoms with Crippen LogP contribution in [0.25, 0.3) is 0 Å². The van der Waals surface area contributed by atoms with Gasteiger partial charge in [-0.2, -0.15) is 0 Å². The van der Waals surface area contributed by atoms with Gasteiger partial charge in [0.15, 0.2) is 11.6 Å². The number of benzene rings is 2. The van der Waals surface area contributed by atoms with Crippen LogP contribution in [0.2, 0.25) is 0 Å². The molecule has 24 heavy (non-hydrogen) atoms. The second kappa shape index (κ2) is 6.91. The summed E-state index contributed by atoms with van der Waals surface area (Å²) in [5, 5.41) is 14.1. The maximum absolute atomic E-state index is 12.1. The highest BCUT2D eigenvalue weighted by Crippen LogP contribution is 2.20. The maximum atomic E-state index is 12.1. The van der Waals surface area contributed by atoms with Crippen LogP contribution in [-0.4, -0.2) is 16.1 Å². The zero-order chi connectivity index (χ0) is 16.9. The zero-order valence-electron chi connectivity index (χ0n) is 13.6. The smallest absolute Gasteiger partial charge is 0.256 e. The number of amides is 1. The Labute approximate surface area is 140 Å². The molecule has 0 unspecified atom stereocenters. The summed E-state index contributed by atoms with van der Waals surface area (Å²) in [6, 6.07) is 18.7. The van der Waals surface area contributed by atoms with Crippen molar-refractivity contribution in [1.82, 2.24) is 10.2 Å². The van der Waals surface area contributed by atoms with Crippen LogP contribution in [0.3, 0.4) is 0 Å². The van der Waals surface area contributed by atoms with Gasteiger partial charge in [-0.1, -0.05) is 35.9 Å². The maximum Gasteiger partial charge on any atom is 0.256 e. The van der Waals surface area contributed by atoms with E-state index in [9.17, 15) is 4.79 Å². The number of rotatable bonds is 4. The molecule has 1 amide bonds. The molecule has 0 fully saturated rings. The Bertz CT molecular complexity index is 845. The van der Waals surface area contributed by atoms with E-state index in [-0.39, 0.29) is 5.91 Å². The largest absolute Gasteiger partial charge is 0.339 e. The van der Waals surface area contributed by atoms with E-state index in [1.165, 1.54) is 5.56 Å². The SMILES string of the molecule is Cc1ccc(Nc2ccc(NC(=O)c3ccccc3)nn2)c(C)c1. The summed E-state index contributed by atoms with van der Waals surface area (Å²) < 4.78 is 0. The molecule has 2 N–H and O–H groups in total. The Hall–Kier alpha value is -3.21. The lowest BCUT2D eigenvalue weighted by Gasteiger charge is -2.09. The lowest BCUT2D eigenvalue weighted by molar-refractivity contribution is 0.102. The Kier molecular flexibility index (Phi) is 4.52. The first-order valence-corrected chi connectivity index (χ1v) is 7.66. The van der Waals surface area contributed by atoms with Crippen molar-refractivity contribution in [3.8, 4) is 0 Å². The number of nitrogens with one attached hydrogen (secondary N) is 2. The molecule has 0 saturated carbocycles. The minimum Gasteiger partial charge on any atom is -0.339 e. The van der Waals surface area contributed by atoms with E-state index in [0.717, 1.165) is 11.3 Å². The summed E-state index contributed by atoms with van der Waals surface area (Å²) in [6.07, 6.45) is 0. The minimum atomic E-state index is -0.208. The highest BCUT2D eigenvalue weighted by molar-refractivity contribution is 6.03. The zero-order valence-corrected chi connectivity index (χ0v) is 13.6. The number of nitrogens with zero attached hydrogens (tertiary/aromatic N) is 2. The fraction of sp³-hybridized carbons (Fsp3) is 0.105. The number of carbonyl (C=O) groups excluding carboxylic acids is 1. The van der Waals surface area contributed by atoms with Crippen LogP contribution in [0.5, 0.6) is 0 Å². The van der Waals surface area contributed by atoms with Gasteiger partial charge >= 0.3 is 0 Å². The molecule has 1 aromatic heterocycles. The topological polar surface area (TPSA) is 66.9 Å². The number of carbonyl (C=O) groups is 1. The van der Waals surface area contributed by atoms with Crippen molar-refractivity contribution in [2.24, 2.45) is 0 Å². The van der Waals surface area contributed by atoms with Gasteiger partial charge < -0.3 is 10.6 Å². The third-order valence-electron chi connectivity index (χ3n) is 3.59. The quantitative estimate of drug-likeness (QED) is 0.760. The number of hydrogen-bond donors (Lipinski definition) is 2. The van der Waals surface area contributed by atoms with Crippen molar-refractivity contribution in [1.29, 1.82) is 0 Å². The minimum absolute atomic E-state index is 0.208. The second-order valence-corrected chi connectivity index (χ2v) is 5.57. The summed E-state index contributed by atoms with van der Waals surface area (Å²) in [5.41, 5.74) is 3.91. The van der Waals surface area contributed by atoms with Crippen molar-refractivity contribution >= 4 is 23.2 Å². The second-order valence-electron chi connectivity index (χ2n) is 5.57. The lowest BCUT2D eigenvalue weighted by atomic mass is 10.1. The third-order valence-corrected chi connectivity index (χ3v) is 3.59. The molecule has 0 bridgehead atoms. The molecule has 3 rings (SSSR count). The first-order chi connectivity index (χ1) is 11.6. The van der Waals surface area contributed by atoms with Crippen LogP contribution >= 0.6 is 0 Å². The molecule has 0 aliphatic carbocycles. The highest BCUT2D eigenvalue weighted by Gasteiger charge is 2.07. The Balaban J connectivity index is 1.68. The molecule has 0 aliphatic rings. The predicted octanol–water partition coefficient (Wildman–Crippen LogP) is 4.09. The molecule has 0 radical (unpaired) electrons. The fourth-order valence-corrected chi connectivity index (χ4v) is 2.34. The molecule has 2 aromatic carbocycles. The van der Waals surface area contributed by atoms with Gasteiger partial charge in [0, 0.05) is 11.3 Å². The van der Waals surface area contributed by atoms with Gasteiger partial charge in [-0.3, -0.25) is 4.79 Å². The summed E-state index contributed by atoms with van der Waals surface area (Å²) in [4.78, 5) is 12.1. The molecular weight excluding hydrogens is 300 g/mol. The van der Waals surface area contributed by atoms with Crippen molar-refractivity contribution < 1.29 is 4.79 Å². The molecule has 0 atom stereocenters. The summed E-state index contributed by atoms with van der Waals surface area (Å²) in [5.74, 6) is 0.828. The molecule has 0 aliphatic heterocycles. The average Bonchev–Trinajstić information content (AvgIpc) is 2.60. The monoisotopic (exact) mass is 318 g/mol. The summed E-state index contributed by atoms with van der Waals surface area (Å²) in [6.45, 7) is 4.10. The van der Waals surface area contributed by atoms with E-state index in [1.807, 2.05) is 37.3 Å². The van der Waals surface area contributed by atoms with Crippen LogP contribution < -0.4 is 10.6 Å². The van der Waals surface area contributed by atoms with Crippen molar-refractivity contribution in [3.05, 3.63) is 77.4 Å². The van der Waals surface area contributed by atoms with Crippen LogP contribution in [0.4, 0.5) is 17.3 Å². The van der Waals surface area contributed by atoms with Gasteiger partial charge in [-0.15, -0.1) is 10.2 Å². The van der Waals surface area contributed by atoms with E-state index in [2.05, 4.69) is 33.8 Å². The number of hydrogen-bond acceptors (Lipinski definition) is 4. The van der Waals surface area contributed by atoms with E-state index >= 15 is 0 Å². The van der Waals surface area contributed by atoms with Gasteiger partial charge in [0.2, 0.25) is 0 Å². The summed E-state index contributed by atoms with van der Waals surface area (Å²) >= 11 is 0. The first kappa shape index (κ1) is 15.7. The molecule has 5 nitrogen and oxygen atoms in total. The Morgan fingerprint density at radius 3 is 2.25 bits per heavy atom. The lowest BCUT2D eigenvalue weighted by Crippen LogP contribution is -2.13. The highest BCUT2D eigenvalue weighted by atomic mass is 16.1. The van der Waals surface area contributed by atoms with Gasteiger partial charge in [0.05, 0.1) is 0 Å². The standard InChI is InChI=1S/C19H18N4O/c1-13-8-9-16(14(2)12-13)20-17-10-11-18(23-22-17)21-19(24)15-6-4-3-5-7-15/h3-12H,1-2H3,(H,20,22)(H,21,23,24). The average molecular weight is 318 g/mol. The van der Waals surface area contributed by atoms with Gasteiger partial charge in [-0.05, 0) is 49.7 Å². The van der Waals surface area contributed by atoms with Gasteiger partial charge in [0.25, 0.3) is 5.91 Å². The van der Waals surface area contributed by atoms with Crippen molar-refractivity contribution in [3.63, 3.8) is 0 Å². The number of aryl methyl sites for hydroxylation is 2. The molecule has 5 heteroatoms. The van der Waals surface area contributed by atoms with E-state index in [4.69, 9.17) is 0 Å². The van der Waals surface area contributed by atoms with E-state index in [0.29, 0.717) is 17.2 Å². The van der Waals surface area contributed by atoms with Crippen LogP contribution in [0.1, 0.15) is 21.5 Å². The molecule has 120 valence electrons. The number of anilines is 3. The van der Waals surface area contributed by atoms with E-state index < -0.39 is 0 Å². The number of aromatic nitrogens is 2.